The number of unbranched alkanes of at least 4 members (excludes halogenated alkanes) is 1. The third kappa shape index (κ3) is 10.9. The maximum Gasteiger partial charge on any atom is 0.500 e. The molecule has 0 aromatic carbocycles. The highest BCUT2D eigenvalue weighted by Gasteiger charge is 2.39. The lowest BCUT2D eigenvalue weighted by molar-refractivity contribution is 0.0708. The minimum Gasteiger partial charge on any atom is -0.377 e. The van der Waals surface area contributed by atoms with Crippen LogP contribution in [0.15, 0.2) is 5.16 Å². The van der Waals surface area contributed by atoms with Crippen LogP contribution in [0.4, 0.5) is 4.79 Å². The van der Waals surface area contributed by atoms with E-state index < -0.39 is 17.6 Å². The minimum absolute atomic E-state index is 0.276. The Bertz CT molecular complexity index is 716. The molecular weight excluding hydrogens is 521 g/mol. The fourth-order valence-electron chi connectivity index (χ4n) is 3.63. The van der Waals surface area contributed by atoms with Gasteiger partial charge in [-0.05, 0) is 40.0 Å². The molecule has 1 aromatic rings. The average Bonchev–Trinajstić information content (AvgIpc) is 3.29. The van der Waals surface area contributed by atoms with Crippen molar-refractivity contribution in [1.82, 2.24) is 20.1 Å². The van der Waals surface area contributed by atoms with E-state index in [4.69, 9.17) is 26.6 Å². The second-order valence-electron chi connectivity index (χ2n) is 7.89. The predicted octanol–water partition coefficient (Wildman–Crippen LogP) is 3.98. The van der Waals surface area contributed by atoms with Gasteiger partial charge in [-0.15, -0.1) is 5.10 Å². The van der Waals surface area contributed by atoms with E-state index >= 15 is 0 Å². The number of nitrogens with zero attached hydrogens (tertiary/aromatic N) is 3. The predicted molar refractivity (Wildman–Crippen MR) is 144 cm³/mol. The van der Waals surface area contributed by atoms with E-state index in [-0.39, 0.29) is 6.03 Å². The molecule has 0 aliphatic heterocycles. The van der Waals surface area contributed by atoms with Gasteiger partial charge in [0.2, 0.25) is 5.16 Å². The number of nitrogens with one attached hydrogen (secondary N) is 1. The molecule has 0 aliphatic carbocycles. The molecule has 210 valence electrons. The summed E-state index contributed by atoms with van der Waals surface area (Å²) in [7, 11) is -0.482. The smallest absolute Gasteiger partial charge is 0.377 e. The second-order valence-corrected chi connectivity index (χ2v) is 14.8. The van der Waals surface area contributed by atoms with Gasteiger partial charge in [-0.3, -0.25) is 0 Å². The van der Waals surface area contributed by atoms with Crippen LogP contribution in [-0.4, -0.2) is 91.9 Å². The Morgan fingerprint density at radius 2 is 1.47 bits per heavy atom. The molecule has 0 aliphatic rings. The number of rotatable bonds is 21. The lowest BCUT2D eigenvalue weighted by Gasteiger charge is -2.28. The van der Waals surface area contributed by atoms with Crippen molar-refractivity contribution in [3.05, 3.63) is 5.82 Å². The molecule has 1 rings (SSSR count). The first kappa shape index (κ1) is 33.2. The molecule has 0 bridgehead atoms. The van der Waals surface area contributed by atoms with Crippen molar-refractivity contribution in [2.45, 2.75) is 77.0 Å². The van der Waals surface area contributed by atoms with Crippen LogP contribution < -0.4 is 5.32 Å². The number of amides is 1. The largest absolute Gasteiger partial charge is 0.500 e. The molecule has 0 unspecified atom stereocenters. The van der Waals surface area contributed by atoms with E-state index in [1.165, 1.54) is 16.4 Å². The van der Waals surface area contributed by atoms with Crippen LogP contribution in [0, 0.1) is 0 Å². The van der Waals surface area contributed by atoms with Gasteiger partial charge in [0.25, 0.3) is 0 Å². The molecular formula is C22H46N4O7SSi2. The third-order valence-electron chi connectivity index (χ3n) is 5.42. The Balaban J connectivity index is 2.71. The van der Waals surface area contributed by atoms with Crippen molar-refractivity contribution < 1.29 is 31.4 Å². The molecule has 36 heavy (non-hydrogen) atoms. The summed E-state index contributed by atoms with van der Waals surface area (Å²) in [5.74, 6) is 1.44. The lowest BCUT2D eigenvalue weighted by atomic mass is 10.2. The Kier molecular flexibility index (Phi) is 17.0. The van der Waals surface area contributed by atoms with Gasteiger partial charge in [0.15, 0.2) is 0 Å². The van der Waals surface area contributed by atoms with Gasteiger partial charge in [0, 0.05) is 72.0 Å². The lowest BCUT2D eigenvalue weighted by Crippen LogP contribution is -2.46. The van der Waals surface area contributed by atoms with Crippen LogP contribution in [0.25, 0.3) is 0 Å². The molecule has 11 nitrogen and oxygen atoms in total. The van der Waals surface area contributed by atoms with E-state index in [2.05, 4.69) is 22.3 Å². The topological polar surface area (TPSA) is 115 Å². The first-order valence-corrected chi connectivity index (χ1v) is 17.7. The zero-order valence-electron chi connectivity index (χ0n) is 23.1. The van der Waals surface area contributed by atoms with Gasteiger partial charge >= 0.3 is 23.6 Å². The number of carbonyl (C=O) groups is 1. The quantitative estimate of drug-likeness (QED) is 0.133. The van der Waals surface area contributed by atoms with Crippen LogP contribution in [0.1, 0.15) is 59.2 Å². The van der Waals surface area contributed by atoms with Crippen molar-refractivity contribution in [3.63, 3.8) is 0 Å². The number of aryl methyl sites for hydroxylation is 1. The highest BCUT2D eigenvalue weighted by molar-refractivity contribution is 7.99. The summed E-state index contributed by atoms with van der Waals surface area (Å²) in [5, 5.41) is 8.03. The summed E-state index contributed by atoms with van der Waals surface area (Å²) in [6.07, 6.45) is 4.14. The fraction of sp³-hybridized carbons (Fsp3) is 0.864. The molecule has 0 fully saturated rings. The Hall–Kier alpha value is -0.846. The van der Waals surface area contributed by atoms with Crippen molar-refractivity contribution >= 4 is 35.4 Å². The van der Waals surface area contributed by atoms with Gasteiger partial charge in [-0.2, -0.15) is 4.68 Å². The summed E-state index contributed by atoms with van der Waals surface area (Å²) in [4.78, 5) is 17.6. The summed E-state index contributed by atoms with van der Waals surface area (Å²) in [5.41, 5.74) is 0. The Labute approximate surface area is 223 Å². The first-order valence-electron chi connectivity index (χ1n) is 12.8. The van der Waals surface area contributed by atoms with Crippen molar-refractivity contribution in [2.24, 2.45) is 0 Å². The van der Waals surface area contributed by atoms with E-state index in [0.29, 0.717) is 62.3 Å². The Morgan fingerprint density at radius 3 is 2.00 bits per heavy atom. The zero-order chi connectivity index (χ0) is 26.9. The van der Waals surface area contributed by atoms with Gasteiger partial charge < -0.3 is 31.9 Å². The number of hydrogen-bond acceptors (Lipinski definition) is 10. The Morgan fingerprint density at radius 1 is 0.889 bits per heavy atom. The van der Waals surface area contributed by atoms with Gasteiger partial charge in [-0.1, -0.05) is 25.1 Å². The standard InChI is InChI=1S/C22H46N4O7SSi2/c1-8-12-15-20-24-21(34-17-14-19-35(28-5,29-6)30-7)25-26(20)22(27)23-16-13-18-36(31-9-2,32-10-3)33-11-4/h8-19H2,1-7H3,(H,23,27). The third-order valence-corrected chi connectivity index (χ3v) is 12.3. The van der Waals surface area contributed by atoms with Crippen molar-refractivity contribution in [3.8, 4) is 0 Å². The van der Waals surface area contributed by atoms with Crippen LogP contribution in [0.5, 0.6) is 0 Å². The van der Waals surface area contributed by atoms with Gasteiger partial charge in [0.05, 0.1) is 0 Å². The van der Waals surface area contributed by atoms with E-state index in [1.54, 1.807) is 21.3 Å². The molecule has 1 N–H and O–H groups in total. The summed E-state index contributed by atoms with van der Waals surface area (Å²) < 4.78 is 35.5. The summed E-state index contributed by atoms with van der Waals surface area (Å²) in [6, 6.07) is 1.06. The maximum atomic E-state index is 12.9. The SMILES string of the molecule is CCCCc1nc(SCCC[Si](OC)(OC)OC)nn1C(=O)NCCC[Si](OCC)(OCC)OCC. The average molecular weight is 567 g/mol. The first-order chi connectivity index (χ1) is 17.4. The van der Waals surface area contributed by atoms with Gasteiger partial charge in [-0.25, -0.2) is 9.78 Å². The van der Waals surface area contributed by atoms with Crippen LogP contribution in [0.2, 0.25) is 12.1 Å². The van der Waals surface area contributed by atoms with Crippen LogP contribution >= 0.6 is 11.8 Å². The molecule has 1 heterocycles. The monoisotopic (exact) mass is 566 g/mol. The minimum atomic E-state index is -2.73. The van der Waals surface area contributed by atoms with Crippen molar-refractivity contribution in [2.75, 3.05) is 53.4 Å². The molecule has 1 amide bonds. The van der Waals surface area contributed by atoms with E-state index in [9.17, 15) is 4.79 Å². The highest BCUT2D eigenvalue weighted by atomic mass is 32.2. The van der Waals surface area contributed by atoms with E-state index in [1.807, 2.05) is 20.8 Å². The number of thioether (sulfide) groups is 1. The number of hydrogen-bond donors (Lipinski definition) is 1. The second kappa shape index (κ2) is 18.4. The molecule has 1 aromatic heterocycles. The molecule has 0 saturated carbocycles. The van der Waals surface area contributed by atoms with E-state index in [0.717, 1.165) is 25.0 Å². The molecule has 0 radical (unpaired) electrons. The molecule has 14 heteroatoms. The van der Waals surface area contributed by atoms with Gasteiger partial charge in [0.1, 0.15) is 5.82 Å². The highest BCUT2D eigenvalue weighted by Crippen LogP contribution is 2.21. The fourth-order valence-corrected chi connectivity index (χ4v) is 9.00. The number of carbonyl (C=O) groups excluding carboxylic acids is 1. The van der Waals surface area contributed by atoms with Crippen LogP contribution in [-0.2, 0) is 33.0 Å². The number of aromatic nitrogens is 3. The normalized spacial score (nSPS) is 12.3. The molecule has 0 spiro atoms. The zero-order valence-corrected chi connectivity index (χ0v) is 25.9. The molecule has 0 atom stereocenters. The maximum absolute atomic E-state index is 12.9. The van der Waals surface area contributed by atoms with Crippen LogP contribution in [0.3, 0.4) is 0 Å². The van der Waals surface area contributed by atoms with Crippen molar-refractivity contribution in [1.29, 1.82) is 0 Å². The summed E-state index contributed by atoms with van der Waals surface area (Å²) >= 11 is 1.52. The summed E-state index contributed by atoms with van der Waals surface area (Å²) in [6.45, 7) is 9.98. The molecule has 0 saturated heterocycles.